The number of pyridine rings is 1. The third kappa shape index (κ3) is 5.58. The van der Waals surface area contributed by atoms with Gasteiger partial charge in [-0.1, -0.05) is 6.07 Å². The molecule has 2 heterocycles. The third-order valence-corrected chi connectivity index (χ3v) is 4.33. The quantitative estimate of drug-likeness (QED) is 0.738. The molecule has 1 aliphatic heterocycles. The van der Waals surface area contributed by atoms with Crippen molar-refractivity contribution in [3.63, 3.8) is 0 Å². The number of nitrogens with zero attached hydrogens (tertiary/aromatic N) is 3. The summed E-state index contributed by atoms with van der Waals surface area (Å²) in [6.45, 7) is 1.82. The van der Waals surface area contributed by atoms with Crippen LogP contribution in [0.4, 0.5) is 0 Å². The normalized spacial score (nSPS) is 21.0. The number of aromatic nitrogens is 1. The van der Waals surface area contributed by atoms with E-state index in [2.05, 4.69) is 4.98 Å². The molecule has 1 atom stereocenters. The maximum atomic E-state index is 12.5. The van der Waals surface area contributed by atoms with Crippen molar-refractivity contribution in [1.29, 1.82) is 0 Å². The van der Waals surface area contributed by atoms with Gasteiger partial charge in [0.1, 0.15) is 0 Å². The minimum absolute atomic E-state index is 0.0152. The van der Waals surface area contributed by atoms with Crippen LogP contribution in [-0.4, -0.2) is 64.0 Å². The average Bonchev–Trinajstić information content (AvgIpc) is 2.54. The topological polar surface area (TPSA) is 99.8 Å². The van der Waals surface area contributed by atoms with Crippen LogP contribution < -0.4 is 5.73 Å². The summed E-state index contributed by atoms with van der Waals surface area (Å²) >= 11 is 0. The number of rotatable bonds is 7. The van der Waals surface area contributed by atoms with Crippen molar-refractivity contribution in [2.24, 2.45) is 5.73 Å². The molecule has 0 aromatic carbocycles. The molecule has 24 heavy (non-hydrogen) atoms. The molecule has 7 heteroatoms. The summed E-state index contributed by atoms with van der Waals surface area (Å²) in [4.78, 5) is 31.1. The van der Waals surface area contributed by atoms with E-state index in [4.69, 9.17) is 5.73 Å². The van der Waals surface area contributed by atoms with Crippen LogP contribution in [0.15, 0.2) is 24.5 Å². The average molecular weight is 334 g/mol. The molecule has 0 bridgehead atoms. The first-order chi connectivity index (χ1) is 11.4. The number of primary amides is 1. The van der Waals surface area contributed by atoms with E-state index in [0.717, 1.165) is 12.0 Å². The van der Waals surface area contributed by atoms with Crippen LogP contribution in [0.25, 0.3) is 0 Å². The maximum absolute atomic E-state index is 12.5. The predicted molar refractivity (Wildman–Crippen MR) is 89.8 cm³/mol. The number of β-amino-alcohol motifs (C(OH)–C–C–N with tert-alkyl or cyclic N) is 1. The Hall–Kier alpha value is -1.99. The summed E-state index contributed by atoms with van der Waals surface area (Å²) in [7, 11) is 1.88. The highest BCUT2D eigenvalue weighted by atomic mass is 16.3. The molecular weight excluding hydrogens is 308 g/mol. The molecule has 3 N–H and O–H groups in total. The molecule has 0 aliphatic carbocycles. The smallest absolute Gasteiger partial charge is 0.236 e. The summed E-state index contributed by atoms with van der Waals surface area (Å²) in [5, 5.41) is 10.6. The van der Waals surface area contributed by atoms with Gasteiger partial charge in [-0.05, 0) is 37.9 Å². The van der Waals surface area contributed by atoms with Crippen molar-refractivity contribution in [2.45, 2.75) is 37.8 Å². The van der Waals surface area contributed by atoms with Crippen LogP contribution in [0.3, 0.4) is 0 Å². The van der Waals surface area contributed by atoms with Crippen LogP contribution in [-0.2, 0) is 16.1 Å². The van der Waals surface area contributed by atoms with E-state index in [1.807, 2.05) is 24.1 Å². The Labute approximate surface area is 142 Å². The second-order valence-electron chi connectivity index (χ2n) is 6.64. The lowest BCUT2D eigenvalue weighted by atomic mass is 9.88. The Morgan fingerprint density at radius 3 is 2.96 bits per heavy atom. The Morgan fingerprint density at radius 1 is 1.50 bits per heavy atom. The number of hydrogen-bond donors (Lipinski definition) is 2. The van der Waals surface area contributed by atoms with E-state index in [1.54, 1.807) is 17.3 Å². The first-order valence-corrected chi connectivity index (χ1v) is 8.24. The number of hydrogen-bond acceptors (Lipinski definition) is 5. The fourth-order valence-corrected chi connectivity index (χ4v) is 3.08. The number of carbonyl (C=O) groups is 2. The molecule has 1 aliphatic rings. The number of likely N-dealkylation sites (tertiary alicyclic amines) is 1. The highest BCUT2D eigenvalue weighted by Gasteiger charge is 2.35. The molecule has 0 spiro atoms. The van der Waals surface area contributed by atoms with Gasteiger partial charge >= 0.3 is 0 Å². The van der Waals surface area contributed by atoms with E-state index in [0.29, 0.717) is 25.9 Å². The minimum Gasteiger partial charge on any atom is -0.388 e. The van der Waals surface area contributed by atoms with Crippen LogP contribution in [0.5, 0.6) is 0 Å². The Balaban J connectivity index is 1.86. The SMILES string of the molecule is CN(CC(=O)N1CCCC(O)(CCC(N)=O)C1)Cc1cccnc1. The first-order valence-electron chi connectivity index (χ1n) is 8.24. The van der Waals surface area contributed by atoms with Gasteiger partial charge in [0, 0.05) is 38.4 Å². The molecule has 132 valence electrons. The number of amides is 2. The van der Waals surface area contributed by atoms with Gasteiger partial charge in [-0.25, -0.2) is 0 Å². The van der Waals surface area contributed by atoms with Crippen LogP contribution in [0.2, 0.25) is 0 Å². The number of nitrogens with two attached hydrogens (primary N) is 1. The lowest BCUT2D eigenvalue weighted by Gasteiger charge is -2.39. The molecule has 0 saturated carbocycles. The number of carbonyl (C=O) groups excluding carboxylic acids is 2. The molecule has 1 saturated heterocycles. The molecular formula is C17H26N4O3. The van der Waals surface area contributed by atoms with Crippen molar-refractivity contribution in [3.05, 3.63) is 30.1 Å². The predicted octanol–water partition coefficient (Wildman–Crippen LogP) is 0.132. The number of likely N-dealkylation sites (N-methyl/N-ethyl adjacent to an activating group) is 1. The summed E-state index contributed by atoms with van der Waals surface area (Å²) in [6.07, 6.45) is 5.26. The number of aliphatic hydroxyl groups is 1. The van der Waals surface area contributed by atoms with Crippen molar-refractivity contribution >= 4 is 11.8 Å². The lowest BCUT2D eigenvalue weighted by Crippen LogP contribution is -2.52. The van der Waals surface area contributed by atoms with E-state index in [9.17, 15) is 14.7 Å². The molecule has 1 aromatic rings. The highest BCUT2D eigenvalue weighted by molar-refractivity contribution is 5.78. The van der Waals surface area contributed by atoms with Gasteiger partial charge in [-0.2, -0.15) is 0 Å². The second kappa shape index (κ2) is 8.21. The standard InChI is InChI=1S/C17H26N4O3/c1-20(11-14-4-2-8-19-10-14)12-16(23)21-9-3-6-17(24,13-21)7-5-15(18)22/h2,4,8,10,24H,3,5-7,9,11-13H2,1H3,(H2,18,22). The van der Waals surface area contributed by atoms with E-state index in [-0.39, 0.29) is 25.4 Å². The van der Waals surface area contributed by atoms with Crippen molar-refractivity contribution in [1.82, 2.24) is 14.8 Å². The van der Waals surface area contributed by atoms with Crippen molar-refractivity contribution in [2.75, 3.05) is 26.7 Å². The second-order valence-corrected chi connectivity index (χ2v) is 6.64. The highest BCUT2D eigenvalue weighted by Crippen LogP contribution is 2.25. The van der Waals surface area contributed by atoms with Gasteiger partial charge in [0.15, 0.2) is 0 Å². The first kappa shape index (κ1) is 18.4. The molecule has 1 fully saturated rings. The monoisotopic (exact) mass is 334 g/mol. The van der Waals surface area contributed by atoms with E-state index in [1.165, 1.54) is 0 Å². The third-order valence-electron chi connectivity index (χ3n) is 4.33. The largest absolute Gasteiger partial charge is 0.388 e. The summed E-state index contributed by atoms with van der Waals surface area (Å²) in [5.74, 6) is -0.443. The van der Waals surface area contributed by atoms with Gasteiger partial charge in [0.2, 0.25) is 11.8 Å². The van der Waals surface area contributed by atoms with Crippen LogP contribution >= 0.6 is 0 Å². The summed E-state index contributed by atoms with van der Waals surface area (Å²) < 4.78 is 0. The van der Waals surface area contributed by atoms with Crippen LogP contribution in [0.1, 0.15) is 31.2 Å². The van der Waals surface area contributed by atoms with Gasteiger partial charge in [0.25, 0.3) is 0 Å². The molecule has 1 unspecified atom stereocenters. The number of piperidine rings is 1. The summed E-state index contributed by atoms with van der Waals surface area (Å²) in [5.41, 5.74) is 5.20. The van der Waals surface area contributed by atoms with Crippen molar-refractivity contribution in [3.8, 4) is 0 Å². The van der Waals surface area contributed by atoms with Gasteiger partial charge in [-0.3, -0.25) is 19.5 Å². The minimum atomic E-state index is -1.01. The molecule has 0 radical (unpaired) electrons. The zero-order valence-electron chi connectivity index (χ0n) is 14.1. The fourth-order valence-electron chi connectivity index (χ4n) is 3.08. The summed E-state index contributed by atoms with van der Waals surface area (Å²) in [6, 6.07) is 3.84. The van der Waals surface area contributed by atoms with Crippen LogP contribution in [0, 0.1) is 0 Å². The maximum Gasteiger partial charge on any atom is 0.236 e. The lowest BCUT2D eigenvalue weighted by molar-refractivity contribution is -0.140. The Kier molecular flexibility index (Phi) is 6.28. The Bertz CT molecular complexity index is 566. The van der Waals surface area contributed by atoms with Gasteiger partial charge in [-0.15, -0.1) is 0 Å². The molecule has 1 aromatic heterocycles. The van der Waals surface area contributed by atoms with E-state index >= 15 is 0 Å². The van der Waals surface area contributed by atoms with Gasteiger partial charge in [0.05, 0.1) is 12.1 Å². The van der Waals surface area contributed by atoms with Gasteiger partial charge < -0.3 is 15.7 Å². The molecule has 2 amide bonds. The molecule has 7 nitrogen and oxygen atoms in total. The van der Waals surface area contributed by atoms with Crippen molar-refractivity contribution < 1.29 is 14.7 Å². The Morgan fingerprint density at radius 2 is 2.29 bits per heavy atom. The zero-order chi connectivity index (χ0) is 17.6. The molecule has 2 rings (SSSR count). The van der Waals surface area contributed by atoms with E-state index < -0.39 is 11.5 Å². The zero-order valence-corrected chi connectivity index (χ0v) is 14.1. The fraction of sp³-hybridized carbons (Fsp3) is 0.588.